The molecule has 0 saturated heterocycles. The zero-order valence-electron chi connectivity index (χ0n) is 14.8. The second-order valence-corrected chi connectivity index (χ2v) is 8.30. The largest absolute Gasteiger partial charge is 0.496 e. The Labute approximate surface area is 141 Å². The van der Waals surface area contributed by atoms with Crippen molar-refractivity contribution in [2.45, 2.75) is 40.0 Å². The first-order chi connectivity index (χ1) is 10.8. The van der Waals surface area contributed by atoms with Crippen LogP contribution in [-0.4, -0.2) is 13.4 Å². The molecular formula is C20H25O2P. The summed E-state index contributed by atoms with van der Waals surface area (Å²) in [7, 11) is 2.13. The van der Waals surface area contributed by atoms with Crippen LogP contribution in [0.4, 0.5) is 0 Å². The average Bonchev–Trinajstić information content (AvgIpc) is 2.47. The topological polar surface area (TPSA) is 26.3 Å². The molecule has 23 heavy (non-hydrogen) atoms. The predicted molar refractivity (Wildman–Crippen MR) is 101 cm³/mol. The van der Waals surface area contributed by atoms with Gasteiger partial charge in [-0.3, -0.25) is 4.79 Å². The summed E-state index contributed by atoms with van der Waals surface area (Å²) >= 11 is 0. The van der Waals surface area contributed by atoms with Gasteiger partial charge in [0.15, 0.2) is 6.29 Å². The molecule has 0 aliphatic carbocycles. The lowest BCUT2D eigenvalue weighted by Gasteiger charge is -2.25. The lowest BCUT2D eigenvalue weighted by atomic mass is 9.85. The fourth-order valence-electron chi connectivity index (χ4n) is 2.68. The summed E-state index contributed by atoms with van der Waals surface area (Å²) in [6, 6.07) is 10.4. The molecule has 0 radical (unpaired) electrons. The standard InChI is InChI=1S/C20H25O2P/c1-13-7-8-17(15(9-13)12-21)23-18-11-14(2)10-16(19(18)22-6)20(3,4)5/h7-12,23H,1-6H3. The fraction of sp³-hybridized carbons (Fsp3) is 0.350. The van der Waals surface area contributed by atoms with Crippen LogP contribution in [0.3, 0.4) is 0 Å². The smallest absolute Gasteiger partial charge is 0.150 e. The summed E-state index contributed by atoms with van der Waals surface area (Å²) in [6.07, 6.45) is 0.947. The summed E-state index contributed by atoms with van der Waals surface area (Å²) in [4.78, 5) is 11.4. The number of hydrogen-bond donors (Lipinski definition) is 0. The Balaban J connectivity index is 2.56. The number of benzene rings is 2. The highest BCUT2D eigenvalue weighted by Crippen LogP contribution is 2.34. The zero-order valence-corrected chi connectivity index (χ0v) is 15.8. The maximum Gasteiger partial charge on any atom is 0.150 e. The van der Waals surface area contributed by atoms with E-state index in [1.165, 1.54) is 11.1 Å². The molecular weight excluding hydrogens is 303 g/mol. The first kappa shape index (κ1) is 17.7. The van der Waals surface area contributed by atoms with Crippen LogP contribution in [0.2, 0.25) is 0 Å². The predicted octanol–water partition coefficient (Wildman–Crippen LogP) is 4.05. The summed E-state index contributed by atoms with van der Waals surface area (Å²) in [5.74, 6) is 0.943. The third kappa shape index (κ3) is 4.00. The molecule has 0 fully saturated rings. The summed E-state index contributed by atoms with van der Waals surface area (Å²) < 4.78 is 5.75. The zero-order chi connectivity index (χ0) is 17.2. The van der Waals surface area contributed by atoms with Gasteiger partial charge in [0.05, 0.1) is 7.11 Å². The van der Waals surface area contributed by atoms with Crippen LogP contribution in [0.25, 0.3) is 0 Å². The van der Waals surface area contributed by atoms with E-state index in [1.807, 2.05) is 13.0 Å². The number of carbonyl (C=O) groups excluding carboxylic acids is 1. The molecule has 2 rings (SSSR count). The van der Waals surface area contributed by atoms with Crippen molar-refractivity contribution in [2.75, 3.05) is 7.11 Å². The van der Waals surface area contributed by atoms with E-state index in [1.54, 1.807) is 7.11 Å². The van der Waals surface area contributed by atoms with E-state index in [-0.39, 0.29) is 5.41 Å². The van der Waals surface area contributed by atoms with Gasteiger partial charge in [-0.2, -0.15) is 0 Å². The average molecular weight is 328 g/mol. The highest BCUT2D eigenvalue weighted by atomic mass is 31.1. The van der Waals surface area contributed by atoms with Crippen LogP contribution in [0, 0.1) is 13.8 Å². The van der Waals surface area contributed by atoms with Gasteiger partial charge in [0, 0.05) is 16.4 Å². The summed E-state index contributed by atoms with van der Waals surface area (Å²) in [6.45, 7) is 10.7. The lowest BCUT2D eigenvalue weighted by molar-refractivity contribution is 0.112. The molecule has 0 bridgehead atoms. The molecule has 1 unspecified atom stereocenters. The van der Waals surface area contributed by atoms with Crippen molar-refractivity contribution in [3.05, 3.63) is 52.6 Å². The molecule has 0 N–H and O–H groups in total. The van der Waals surface area contributed by atoms with Crippen molar-refractivity contribution >= 4 is 25.5 Å². The number of hydrogen-bond acceptors (Lipinski definition) is 2. The normalized spacial score (nSPS) is 11.9. The third-order valence-electron chi connectivity index (χ3n) is 3.85. The minimum Gasteiger partial charge on any atom is -0.496 e. The van der Waals surface area contributed by atoms with E-state index in [4.69, 9.17) is 4.74 Å². The van der Waals surface area contributed by atoms with Gasteiger partial charge in [-0.05, 0) is 42.3 Å². The Morgan fingerprint density at radius 3 is 2.26 bits per heavy atom. The van der Waals surface area contributed by atoms with Crippen LogP contribution >= 0.6 is 8.58 Å². The van der Waals surface area contributed by atoms with Crippen molar-refractivity contribution in [2.24, 2.45) is 0 Å². The van der Waals surface area contributed by atoms with Gasteiger partial charge >= 0.3 is 0 Å². The van der Waals surface area contributed by atoms with Gasteiger partial charge in [0.1, 0.15) is 5.75 Å². The Morgan fingerprint density at radius 2 is 1.70 bits per heavy atom. The Kier molecular flexibility index (Phi) is 5.26. The van der Waals surface area contributed by atoms with Gasteiger partial charge < -0.3 is 4.74 Å². The highest BCUT2D eigenvalue weighted by Gasteiger charge is 2.22. The van der Waals surface area contributed by atoms with E-state index in [9.17, 15) is 4.79 Å². The fourth-order valence-corrected chi connectivity index (χ4v) is 4.06. The number of ether oxygens (including phenoxy) is 1. The van der Waals surface area contributed by atoms with E-state index in [0.29, 0.717) is 8.58 Å². The summed E-state index contributed by atoms with van der Waals surface area (Å²) in [5.41, 5.74) is 4.31. The molecule has 122 valence electrons. The molecule has 0 aliphatic heterocycles. The monoisotopic (exact) mass is 328 g/mol. The second-order valence-electron chi connectivity index (χ2n) is 6.98. The third-order valence-corrected chi connectivity index (χ3v) is 5.21. The Bertz CT molecular complexity index is 727. The van der Waals surface area contributed by atoms with E-state index >= 15 is 0 Å². The SMILES string of the molecule is COc1c(Pc2ccc(C)cc2C=O)cc(C)cc1C(C)(C)C. The van der Waals surface area contributed by atoms with Crippen LogP contribution in [0.15, 0.2) is 30.3 Å². The molecule has 0 aromatic heterocycles. The van der Waals surface area contributed by atoms with Crippen LogP contribution in [0.5, 0.6) is 5.75 Å². The Hall–Kier alpha value is -1.66. The molecule has 0 aliphatic rings. The number of rotatable bonds is 4. The molecule has 2 nitrogen and oxygen atoms in total. The van der Waals surface area contributed by atoms with Crippen molar-refractivity contribution < 1.29 is 9.53 Å². The first-order valence-corrected chi connectivity index (χ1v) is 8.78. The molecule has 0 spiro atoms. The minimum atomic E-state index is 0.0113. The molecule has 0 amide bonds. The number of carbonyl (C=O) groups is 1. The molecule has 0 heterocycles. The number of methoxy groups -OCH3 is 1. The summed E-state index contributed by atoms with van der Waals surface area (Å²) in [5, 5.41) is 2.22. The van der Waals surface area contributed by atoms with E-state index in [2.05, 4.69) is 52.0 Å². The van der Waals surface area contributed by atoms with Gasteiger partial charge in [-0.15, -0.1) is 0 Å². The van der Waals surface area contributed by atoms with Crippen LogP contribution < -0.4 is 15.3 Å². The van der Waals surface area contributed by atoms with Crippen molar-refractivity contribution in [1.82, 2.24) is 0 Å². The van der Waals surface area contributed by atoms with Gasteiger partial charge in [-0.1, -0.05) is 53.1 Å². The van der Waals surface area contributed by atoms with Crippen molar-refractivity contribution in [1.29, 1.82) is 0 Å². The number of aldehydes is 1. The minimum absolute atomic E-state index is 0.0113. The molecule has 3 heteroatoms. The first-order valence-electron chi connectivity index (χ1n) is 7.78. The molecule has 2 aromatic rings. The van der Waals surface area contributed by atoms with Crippen LogP contribution in [0.1, 0.15) is 47.8 Å². The molecule has 0 saturated carbocycles. The van der Waals surface area contributed by atoms with Gasteiger partial charge in [0.2, 0.25) is 0 Å². The number of aryl methyl sites for hydroxylation is 2. The highest BCUT2D eigenvalue weighted by molar-refractivity contribution is 7.56. The lowest BCUT2D eigenvalue weighted by Crippen LogP contribution is -2.19. The van der Waals surface area contributed by atoms with Crippen molar-refractivity contribution in [3.63, 3.8) is 0 Å². The molecule has 2 aromatic carbocycles. The van der Waals surface area contributed by atoms with Crippen molar-refractivity contribution in [3.8, 4) is 5.75 Å². The van der Waals surface area contributed by atoms with E-state index < -0.39 is 0 Å². The van der Waals surface area contributed by atoms with Gasteiger partial charge in [0.25, 0.3) is 0 Å². The maximum atomic E-state index is 11.4. The molecule has 1 atom stereocenters. The van der Waals surface area contributed by atoms with Gasteiger partial charge in [-0.25, -0.2) is 0 Å². The Morgan fingerprint density at radius 1 is 1.00 bits per heavy atom. The van der Waals surface area contributed by atoms with Crippen LogP contribution in [-0.2, 0) is 5.41 Å². The second kappa shape index (κ2) is 6.84. The van der Waals surface area contributed by atoms with E-state index in [0.717, 1.165) is 33.8 Å². The maximum absolute atomic E-state index is 11.4. The quantitative estimate of drug-likeness (QED) is 0.625.